The van der Waals surface area contributed by atoms with Crippen LogP contribution >= 0.6 is 0 Å². The van der Waals surface area contributed by atoms with Crippen LogP contribution in [0.15, 0.2) is 260 Å². The second-order valence-corrected chi connectivity index (χ2v) is 31.6. The Bertz CT molecular complexity index is 6710. The highest BCUT2D eigenvalue weighted by Crippen LogP contribution is 2.52. The summed E-state index contributed by atoms with van der Waals surface area (Å²) >= 11 is 0. The first-order valence-corrected chi connectivity index (χ1v) is 40.3. The number of para-hydroxylation sites is 4. The van der Waals surface area contributed by atoms with Crippen LogP contribution in [0.5, 0.6) is 0 Å². The van der Waals surface area contributed by atoms with Crippen molar-refractivity contribution in [2.75, 3.05) is 48.3 Å². The molecule has 10 aromatic heterocycles. The van der Waals surface area contributed by atoms with Crippen LogP contribution in [0.25, 0.3) is 110 Å². The zero-order valence-electron chi connectivity index (χ0n) is 78.7. The number of aromatic nitrogens is 5. The van der Waals surface area contributed by atoms with Crippen molar-refractivity contribution >= 4 is 162 Å². The van der Waals surface area contributed by atoms with Crippen LogP contribution in [0.4, 0.5) is 51.2 Å². The van der Waals surface area contributed by atoms with Gasteiger partial charge in [-0.15, -0.1) is 0 Å². The highest BCUT2D eigenvalue weighted by molar-refractivity contribution is 6.14. The van der Waals surface area contributed by atoms with E-state index in [9.17, 15) is 0 Å². The van der Waals surface area contributed by atoms with E-state index in [1.807, 2.05) is 224 Å². The molecule has 5 aliphatic heterocycles. The maximum Gasteiger partial charge on any atom is 0.227 e. The molecule has 20 nitrogen and oxygen atoms in total. The average molecular weight is 1590 g/mol. The van der Waals surface area contributed by atoms with Crippen molar-refractivity contribution in [1.82, 2.24) is 39.6 Å². The van der Waals surface area contributed by atoms with Gasteiger partial charge in [-0.25, -0.2) is 24.9 Å². The molecule has 17 aromatic rings. The average Bonchev–Trinajstić information content (AvgIpc) is 1.57. The number of pyridine rings is 5. The summed E-state index contributed by atoms with van der Waals surface area (Å²) in [6, 6.07) is 54.3. The van der Waals surface area contributed by atoms with Gasteiger partial charge in [0.1, 0.15) is 30.8 Å². The number of anilines is 9. The SMILES string of the molecule is [2H]C(C)(C)N1C=CN(c2c(C)ccc3c2oc2ncccc23)[C@H]1C.[2H]C(C)(C)N1C=CN(c2c(C)ccc3c2oc2ncccc23)[C@H]1C.[2H]C(C)(C)N1c2ccccc2N(c2c(C)ccc3c2oc2ncccc23)[C@H]1C.[2H]C([2H])([2H])N1C=CN(c2c(C)ccc3c2oc2ncccc23)[C@H]1C.[2H]C([2H])([2H])N1c2ccccc2N(c2c(C)ccc3c2oc2ncccc23)[C@H]1C. The van der Waals surface area contributed by atoms with Crippen LogP contribution in [0.2, 0.25) is 0 Å². The van der Waals surface area contributed by atoms with E-state index in [0.717, 1.165) is 155 Å². The lowest BCUT2D eigenvalue weighted by Gasteiger charge is -2.33. The summed E-state index contributed by atoms with van der Waals surface area (Å²) in [5.74, 6) is 0. The van der Waals surface area contributed by atoms with Crippen molar-refractivity contribution in [3.05, 3.63) is 266 Å². The number of nitrogens with zero attached hydrogens (tertiary/aromatic N) is 15. The van der Waals surface area contributed by atoms with Gasteiger partial charge in [-0.1, -0.05) is 84.9 Å². The Balaban J connectivity index is 0.000000108. The molecule has 0 bridgehead atoms. The smallest absolute Gasteiger partial charge is 0.227 e. The molecule has 0 radical (unpaired) electrons. The molecule has 0 spiro atoms. The van der Waals surface area contributed by atoms with E-state index in [0.29, 0.717) is 34.3 Å². The van der Waals surface area contributed by atoms with E-state index in [2.05, 4.69) is 146 Å². The number of hydrogen-bond acceptors (Lipinski definition) is 20. The molecule has 15 heterocycles. The van der Waals surface area contributed by atoms with Crippen molar-refractivity contribution in [3.8, 4) is 0 Å². The predicted octanol–water partition coefficient (Wildman–Crippen LogP) is 24.4. The van der Waals surface area contributed by atoms with Crippen molar-refractivity contribution in [1.29, 1.82) is 0 Å². The largest absolute Gasteiger partial charge is 0.435 e. The number of benzene rings is 7. The Morgan fingerprint density at radius 1 is 0.294 bits per heavy atom. The molecule has 602 valence electrons. The molecule has 0 N–H and O–H groups in total. The molecular weight excluding hydrogens is 1480 g/mol. The van der Waals surface area contributed by atoms with E-state index in [1.165, 1.54) is 9.80 Å². The lowest BCUT2D eigenvalue weighted by molar-refractivity contribution is 0.263. The zero-order chi connectivity index (χ0) is 90.4. The Hall–Kier alpha value is -13.5. The normalized spacial score (nSPS) is 19.1. The Morgan fingerprint density at radius 3 is 0.916 bits per heavy atom. The minimum Gasteiger partial charge on any atom is -0.435 e. The van der Waals surface area contributed by atoms with Gasteiger partial charge < -0.3 is 71.1 Å². The van der Waals surface area contributed by atoms with E-state index in [1.54, 1.807) is 43.4 Å². The molecule has 22 rings (SSSR count). The highest BCUT2D eigenvalue weighted by atomic mass is 16.4. The number of rotatable bonds is 8. The van der Waals surface area contributed by atoms with Gasteiger partial charge in [-0.2, -0.15) is 0 Å². The molecular formula is C99H101N15O5. The summed E-state index contributed by atoms with van der Waals surface area (Å²) in [5, 5.41) is 10.2. The fraction of sp³-hybridized carbons (Fsp3) is 0.263. The Labute approximate surface area is 706 Å². The molecule has 0 saturated heterocycles. The molecule has 7 aromatic carbocycles. The second-order valence-electron chi connectivity index (χ2n) is 31.6. The molecule has 0 amide bonds. The summed E-state index contributed by atoms with van der Waals surface area (Å²) < 4.78 is 103. The van der Waals surface area contributed by atoms with Gasteiger partial charge in [0.15, 0.2) is 27.9 Å². The van der Waals surface area contributed by atoms with Crippen LogP contribution in [0.3, 0.4) is 0 Å². The molecule has 119 heavy (non-hydrogen) atoms. The van der Waals surface area contributed by atoms with Crippen LogP contribution < -0.4 is 34.3 Å². The fourth-order valence-electron chi connectivity index (χ4n) is 17.8. The number of aryl methyl sites for hydroxylation is 5. The first kappa shape index (κ1) is 66.6. The first-order valence-electron chi connectivity index (χ1n) is 44.8. The monoisotopic (exact) mass is 1590 g/mol. The number of furan rings is 5. The minimum absolute atomic E-state index is 0.0182. The summed E-state index contributed by atoms with van der Waals surface area (Å²) in [6.45, 7) is 27.5. The molecule has 0 unspecified atom stereocenters. The number of hydrogen-bond donors (Lipinski definition) is 0. The highest BCUT2D eigenvalue weighted by Gasteiger charge is 2.39. The number of fused-ring (bicyclic) bond motifs is 17. The minimum atomic E-state index is -2.25. The molecule has 0 saturated carbocycles. The quantitative estimate of drug-likeness (QED) is 0.141. The van der Waals surface area contributed by atoms with Crippen LogP contribution in [0.1, 0.15) is 116 Å². The standard InChI is InChI=1S/C23H23N3O.C21H19N3O.2C19H21N3O.C17H17N3O/c1-14(2)25-16(4)26(20-10-6-5-9-19(20)25)21-15(3)11-12-17-18-8-7-13-24-23(18)27-22(17)21;1-13-10-11-15-16-7-6-12-22-21(16)25-20(15)19(13)24-14(2)23(3)17-8-4-5-9-18(17)24;2*1-12(2)21-10-11-22(14(21)4)17-13(3)7-8-15-16-6-5-9-20-19(16)23-18(15)17;1-11-6-7-13-14-5-4-8-18-17(14)21-16(13)15(11)20-10-9-19(3)12(20)2/h5-14,16H,1-4H3;4-12,14H,1-3H3;2*5-12,14H,1-4H3;4-10,12H,1-3H3/t16-;3*14-;12-/m00000/s1/i14D;3D3;2*12D;3D3. The van der Waals surface area contributed by atoms with Crippen molar-refractivity contribution in [2.24, 2.45) is 0 Å². The fourth-order valence-corrected chi connectivity index (χ4v) is 17.8. The van der Waals surface area contributed by atoms with E-state index in [-0.39, 0.29) is 24.7 Å². The third-order valence-corrected chi connectivity index (χ3v) is 23.6. The molecule has 0 aliphatic carbocycles. The van der Waals surface area contributed by atoms with Crippen LogP contribution in [0, 0.1) is 34.6 Å². The maximum atomic E-state index is 8.71. The Morgan fingerprint density at radius 2 is 0.597 bits per heavy atom. The van der Waals surface area contributed by atoms with Gasteiger partial charge in [0.25, 0.3) is 0 Å². The lowest BCUT2D eigenvalue weighted by atomic mass is 10.1. The lowest BCUT2D eigenvalue weighted by Crippen LogP contribution is -2.42. The summed E-state index contributed by atoms with van der Waals surface area (Å²) in [4.78, 5) is 41.5. The van der Waals surface area contributed by atoms with Gasteiger partial charge >= 0.3 is 0 Å². The van der Waals surface area contributed by atoms with Crippen molar-refractivity contribution < 1.29 is 34.4 Å². The summed E-state index contributed by atoms with van der Waals surface area (Å²) in [5.41, 5.74) is 21.2. The molecule has 20 heteroatoms. The van der Waals surface area contributed by atoms with Gasteiger partial charge in [-0.3, -0.25) is 0 Å². The van der Waals surface area contributed by atoms with Gasteiger partial charge in [0, 0.05) is 162 Å². The van der Waals surface area contributed by atoms with Crippen molar-refractivity contribution in [3.63, 3.8) is 0 Å². The molecule has 0 fully saturated rings. The summed E-state index contributed by atoms with van der Waals surface area (Å²) in [6.07, 6.45) is 19.4. The van der Waals surface area contributed by atoms with Gasteiger partial charge in [0.2, 0.25) is 28.6 Å². The Kier molecular flexibility index (Phi) is 17.1. The topological polar surface area (TPSA) is 163 Å². The third kappa shape index (κ3) is 12.9. The van der Waals surface area contributed by atoms with E-state index < -0.39 is 38.2 Å². The van der Waals surface area contributed by atoms with Gasteiger partial charge in [-0.05, 0) is 224 Å². The molecule has 5 aliphatic rings. The van der Waals surface area contributed by atoms with Gasteiger partial charge in [0.05, 0.1) is 55.3 Å². The summed E-state index contributed by atoms with van der Waals surface area (Å²) in [7, 11) is 0. The van der Waals surface area contributed by atoms with E-state index in [4.69, 9.17) is 34.4 Å². The second kappa shape index (κ2) is 30.5. The maximum absolute atomic E-state index is 8.71. The van der Waals surface area contributed by atoms with E-state index >= 15 is 0 Å². The van der Waals surface area contributed by atoms with Crippen LogP contribution in [-0.2, 0) is 0 Å². The third-order valence-electron chi connectivity index (χ3n) is 23.6. The first-order chi connectivity index (χ1) is 60.9. The van der Waals surface area contributed by atoms with Crippen molar-refractivity contribution in [2.45, 2.75) is 160 Å². The molecule has 5 atom stereocenters. The van der Waals surface area contributed by atoms with Crippen LogP contribution in [-0.4, -0.2) is 102 Å². The zero-order valence-corrected chi connectivity index (χ0v) is 69.7. The predicted molar refractivity (Wildman–Crippen MR) is 488 cm³/mol.